The van der Waals surface area contributed by atoms with E-state index in [0.717, 1.165) is 51.4 Å². The topological polar surface area (TPSA) is 41.7 Å². The van der Waals surface area contributed by atoms with Gasteiger partial charge in [-0.1, -0.05) is 13.0 Å². The SMILES string of the molecule is CCN1CCOC(CN2CCc3cc(C)c(N)cc32)C1. The molecule has 0 spiro atoms. The van der Waals surface area contributed by atoms with Crippen molar-refractivity contribution < 1.29 is 4.74 Å². The summed E-state index contributed by atoms with van der Waals surface area (Å²) in [6.45, 7) is 10.5. The Bertz CT molecular complexity index is 489. The van der Waals surface area contributed by atoms with Crippen molar-refractivity contribution in [3.63, 3.8) is 0 Å². The fourth-order valence-electron chi connectivity index (χ4n) is 3.26. The molecule has 4 heteroatoms. The Morgan fingerprint density at radius 3 is 3.00 bits per heavy atom. The lowest BCUT2D eigenvalue weighted by molar-refractivity contribution is -0.0219. The van der Waals surface area contributed by atoms with Crippen molar-refractivity contribution in [1.82, 2.24) is 4.90 Å². The van der Waals surface area contributed by atoms with Gasteiger partial charge >= 0.3 is 0 Å². The molecule has 0 aromatic heterocycles. The third kappa shape index (κ3) is 2.63. The van der Waals surface area contributed by atoms with Crippen LogP contribution in [0.25, 0.3) is 0 Å². The van der Waals surface area contributed by atoms with E-state index in [1.807, 2.05) is 0 Å². The maximum atomic E-state index is 6.07. The summed E-state index contributed by atoms with van der Waals surface area (Å²) < 4.78 is 5.93. The van der Waals surface area contributed by atoms with Crippen molar-refractivity contribution in [2.45, 2.75) is 26.4 Å². The second kappa shape index (κ2) is 5.62. The van der Waals surface area contributed by atoms with Crippen LogP contribution in [0.5, 0.6) is 0 Å². The van der Waals surface area contributed by atoms with E-state index in [9.17, 15) is 0 Å². The molecule has 0 saturated carbocycles. The van der Waals surface area contributed by atoms with E-state index in [4.69, 9.17) is 10.5 Å². The Morgan fingerprint density at radius 2 is 2.20 bits per heavy atom. The zero-order chi connectivity index (χ0) is 14.1. The minimum Gasteiger partial charge on any atom is -0.398 e. The van der Waals surface area contributed by atoms with Crippen LogP contribution in [0.4, 0.5) is 11.4 Å². The largest absolute Gasteiger partial charge is 0.398 e. The van der Waals surface area contributed by atoms with E-state index in [-0.39, 0.29) is 0 Å². The molecule has 4 nitrogen and oxygen atoms in total. The standard InChI is InChI=1S/C16H25N3O/c1-3-18-6-7-20-14(10-18)11-19-5-4-13-8-12(2)15(17)9-16(13)19/h8-9,14H,3-7,10-11,17H2,1-2H3. The van der Waals surface area contributed by atoms with Crippen molar-refractivity contribution >= 4 is 11.4 Å². The van der Waals surface area contributed by atoms with Crippen LogP contribution >= 0.6 is 0 Å². The molecule has 2 N–H and O–H groups in total. The van der Waals surface area contributed by atoms with Crippen LogP contribution in [0.1, 0.15) is 18.1 Å². The minimum absolute atomic E-state index is 0.317. The number of nitrogens with two attached hydrogens (primary N) is 1. The molecule has 1 aromatic carbocycles. The summed E-state index contributed by atoms with van der Waals surface area (Å²) in [5, 5.41) is 0. The Kier molecular flexibility index (Phi) is 3.85. The van der Waals surface area contributed by atoms with Crippen molar-refractivity contribution in [3.05, 3.63) is 23.3 Å². The van der Waals surface area contributed by atoms with E-state index >= 15 is 0 Å². The molecular weight excluding hydrogens is 250 g/mol. The van der Waals surface area contributed by atoms with Crippen LogP contribution in [0, 0.1) is 6.92 Å². The van der Waals surface area contributed by atoms with Crippen LogP contribution in [0.15, 0.2) is 12.1 Å². The average Bonchev–Trinajstić information content (AvgIpc) is 2.82. The molecule has 0 amide bonds. The summed E-state index contributed by atoms with van der Waals surface area (Å²) in [5.41, 5.74) is 10.9. The van der Waals surface area contributed by atoms with Gasteiger partial charge in [-0.05, 0) is 37.1 Å². The van der Waals surface area contributed by atoms with E-state index in [0.29, 0.717) is 6.10 Å². The normalized spacial score (nSPS) is 23.1. The van der Waals surface area contributed by atoms with Crippen molar-refractivity contribution in [3.8, 4) is 0 Å². The number of aryl methyl sites for hydroxylation is 1. The summed E-state index contributed by atoms with van der Waals surface area (Å²) in [4.78, 5) is 4.91. The molecule has 2 aliphatic rings. The summed E-state index contributed by atoms with van der Waals surface area (Å²) in [7, 11) is 0. The molecular formula is C16H25N3O. The molecule has 2 aliphatic heterocycles. The molecule has 1 fully saturated rings. The summed E-state index contributed by atoms with van der Waals surface area (Å²) in [6, 6.07) is 4.38. The highest BCUT2D eigenvalue weighted by Gasteiger charge is 2.26. The van der Waals surface area contributed by atoms with Crippen LogP contribution in [-0.4, -0.2) is 50.3 Å². The van der Waals surface area contributed by atoms with Crippen LogP contribution < -0.4 is 10.6 Å². The van der Waals surface area contributed by atoms with Crippen molar-refractivity contribution in [2.75, 3.05) is 50.0 Å². The second-order valence-corrected chi connectivity index (χ2v) is 5.92. The lowest BCUT2D eigenvalue weighted by atomic mass is 10.1. The summed E-state index contributed by atoms with van der Waals surface area (Å²) >= 11 is 0. The van der Waals surface area contributed by atoms with E-state index in [1.54, 1.807) is 0 Å². The van der Waals surface area contributed by atoms with Gasteiger partial charge in [0.1, 0.15) is 0 Å². The predicted molar refractivity (Wildman–Crippen MR) is 83.4 cm³/mol. The number of ether oxygens (including phenoxy) is 1. The highest BCUT2D eigenvalue weighted by atomic mass is 16.5. The van der Waals surface area contributed by atoms with Gasteiger partial charge in [-0.25, -0.2) is 0 Å². The van der Waals surface area contributed by atoms with Gasteiger partial charge in [-0.15, -0.1) is 0 Å². The van der Waals surface area contributed by atoms with Gasteiger partial charge in [0.25, 0.3) is 0 Å². The zero-order valence-corrected chi connectivity index (χ0v) is 12.6. The van der Waals surface area contributed by atoms with Gasteiger partial charge < -0.3 is 15.4 Å². The van der Waals surface area contributed by atoms with Gasteiger partial charge in [-0.3, -0.25) is 4.90 Å². The molecule has 0 radical (unpaired) electrons. The number of nitrogens with zero attached hydrogens (tertiary/aromatic N) is 2. The van der Waals surface area contributed by atoms with Crippen LogP contribution in [0.3, 0.4) is 0 Å². The van der Waals surface area contributed by atoms with Crippen molar-refractivity contribution in [1.29, 1.82) is 0 Å². The molecule has 1 unspecified atom stereocenters. The first-order chi connectivity index (χ1) is 9.67. The number of nitrogen functional groups attached to an aromatic ring is 1. The average molecular weight is 275 g/mol. The number of fused-ring (bicyclic) bond motifs is 1. The molecule has 20 heavy (non-hydrogen) atoms. The summed E-state index contributed by atoms with van der Waals surface area (Å²) in [6.07, 6.45) is 1.44. The molecule has 1 saturated heterocycles. The highest BCUT2D eigenvalue weighted by Crippen LogP contribution is 2.32. The third-order valence-corrected chi connectivity index (χ3v) is 4.55. The van der Waals surface area contributed by atoms with Gasteiger partial charge in [0, 0.05) is 37.6 Å². The molecule has 0 bridgehead atoms. The Morgan fingerprint density at radius 1 is 1.35 bits per heavy atom. The minimum atomic E-state index is 0.317. The second-order valence-electron chi connectivity index (χ2n) is 5.92. The fraction of sp³-hybridized carbons (Fsp3) is 0.625. The summed E-state index contributed by atoms with van der Waals surface area (Å²) in [5.74, 6) is 0. The van der Waals surface area contributed by atoms with Gasteiger partial charge in [0.05, 0.1) is 12.7 Å². The first kappa shape index (κ1) is 13.7. The zero-order valence-electron chi connectivity index (χ0n) is 12.6. The van der Waals surface area contributed by atoms with E-state index in [2.05, 4.69) is 35.8 Å². The Hall–Kier alpha value is -1.26. The maximum absolute atomic E-state index is 6.07. The molecule has 2 heterocycles. The highest BCUT2D eigenvalue weighted by molar-refractivity contribution is 5.67. The number of rotatable bonds is 3. The quantitative estimate of drug-likeness (QED) is 0.852. The van der Waals surface area contributed by atoms with Gasteiger partial charge in [0.2, 0.25) is 0 Å². The van der Waals surface area contributed by atoms with Crippen molar-refractivity contribution in [2.24, 2.45) is 0 Å². The number of hydrogen-bond donors (Lipinski definition) is 1. The number of likely N-dealkylation sites (N-methyl/N-ethyl adjacent to an activating group) is 1. The first-order valence-electron chi connectivity index (χ1n) is 7.65. The van der Waals surface area contributed by atoms with E-state index < -0.39 is 0 Å². The third-order valence-electron chi connectivity index (χ3n) is 4.55. The number of morpholine rings is 1. The molecule has 110 valence electrons. The number of anilines is 2. The predicted octanol–water partition coefficient (Wildman–Crippen LogP) is 1.66. The molecule has 1 atom stereocenters. The number of benzene rings is 1. The molecule has 0 aliphatic carbocycles. The Labute approximate surface area is 121 Å². The lowest BCUT2D eigenvalue weighted by Gasteiger charge is -2.35. The van der Waals surface area contributed by atoms with Gasteiger partial charge in [-0.2, -0.15) is 0 Å². The Balaban J connectivity index is 1.70. The smallest absolute Gasteiger partial charge is 0.0877 e. The molecule has 1 aromatic rings. The fourth-order valence-corrected chi connectivity index (χ4v) is 3.26. The molecule has 3 rings (SSSR count). The number of hydrogen-bond acceptors (Lipinski definition) is 4. The lowest BCUT2D eigenvalue weighted by Crippen LogP contribution is -2.47. The van der Waals surface area contributed by atoms with Crippen LogP contribution in [-0.2, 0) is 11.2 Å². The first-order valence-corrected chi connectivity index (χ1v) is 7.65. The van der Waals surface area contributed by atoms with Gasteiger partial charge in [0.15, 0.2) is 0 Å². The monoisotopic (exact) mass is 275 g/mol. The maximum Gasteiger partial charge on any atom is 0.0877 e. The van der Waals surface area contributed by atoms with Crippen LogP contribution in [0.2, 0.25) is 0 Å². The van der Waals surface area contributed by atoms with E-state index in [1.165, 1.54) is 16.8 Å².